The van der Waals surface area contributed by atoms with Gasteiger partial charge < -0.3 is 9.84 Å². The molecule has 3 rings (SSSR count). The van der Waals surface area contributed by atoms with Gasteiger partial charge in [0.15, 0.2) is 5.82 Å². The van der Waals surface area contributed by atoms with E-state index in [1.54, 1.807) is 6.20 Å². The lowest BCUT2D eigenvalue weighted by atomic mass is 10.1. The molecule has 6 heteroatoms. The molecule has 3 aromatic rings. The number of nitrogens with zero attached hydrogens (tertiary/aromatic N) is 4. The van der Waals surface area contributed by atoms with Gasteiger partial charge in [0.25, 0.3) is 0 Å². The van der Waals surface area contributed by atoms with Crippen molar-refractivity contribution in [3.63, 3.8) is 0 Å². The van der Waals surface area contributed by atoms with Crippen molar-refractivity contribution < 1.29 is 4.52 Å². The molecule has 0 spiro atoms. The van der Waals surface area contributed by atoms with E-state index >= 15 is 0 Å². The van der Waals surface area contributed by atoms with Crippen molar-refractivity contribution in [2.45, 2.75) is 40.2 Å². The average molecular weight is 323 g/mol. The number of pyridine rings is 1. The normalized spacial score (nSPS) is 12.2. The first-order chi connectivity index (χ1) is 11.6. The third-order valence-electron chi connectivity index (χ3n) is 3.92. The Morgan fingerprint density at radius 1 is 1.21 bits per heavy atom. The highest BCUT2D eigenvalue weighted by Gasteiger charge is 2.17. The van der Waals surface area contributed by atoms with Crippen LogP contribution in [0.1, 0.15) is 42.6 Å². The Bertz CT molecular complexity index is 809. The summed E-state index contributed by atoms with van der Waals surface area (Å²) in [5.41, 5.74) is 3.69. The third-order valence-corrected chi connectivity index (χ3v) is 3.92. The van der Waals surface area contributed by atoms with E-state index in [0.717, 1.165) is 40.6 Å². The van der Waals surface area contributed by atoms with E-state index in [0.29, 0.717) is 5.82 Å². The van der Waals surface area contributed by atoms with E-state index in [2.05, 4.69) is 39.3 Å². The van der Waals surface area contributed by atoms with Crippen LogP contribution < -0.4 is 5.32 Å². The summed E-state index contributed by atoms with van der Waals surface area (Å²) in [7, 11) is 0. The van der Waals surface area contributed by atoms with Crippen molar-refractivity contribution in [1.82, 2.24) is 20.1 Å². The van der Waals surface area contributed by atoms with Gasteiger partial charge in [-0.15, -0.1) is 0 Å². The van der Waals surface area contributed by atoms with Crippen molar-refractivity contribution in [2.24, 2.45) is 0 Å². The van der Waals surface area contributed by atoms with Gasteiger partial charge in [-0.2, -0.15) is 0 Å². The molecule has 0 bridgehead atoms. The molecular formula is C18H21N5O. The molecule has 0 radical (unpaired) electrons. The van der Waals surface area contributed by atoms with E-state index in [4.69, 9.17) is 4.52 Å². The standard InChI is InChI=1S/C18H21N5O/c1-5-14-10-16(20-11(2)17-12(3)23-24-13(17)4)22-18(21-14)15-8-6-7-9-19-15/h6-11H,5H2,1-4H3,(H,20,21,22). The van der Waals surface area contributed by atoms with Crippen LogP contribution >= 0.6 is 0 Å². The molecule has 0 amide bonds. The van der Waals surface area contributed by atoms with Crippen LogP contribution in [0.4, 0.5) is 5.82 Å². The van der Waals surface area contributed by atoms with Crippen LogP contribution in [0.25, 0.3) is 11.5 Å². The van der Waals surface area contributed by atoms with Gasteiger partial charge in [0.05, 0.1) is 11.7 Å². The molecule has 0 aliphatic rings. The van der Waals surface area contributed by atoms with Gasteiger partial charge in [-0.05, 0) is 39.3 Å². The van der Waals surface area contributed by atoms with Crippen LogP contribution in [0.5, 0.6) is 0 Å². The number of rotatable bonds is 5. The van der Waals surface area contributed by atoms with Crippen molar-refractivity contribution in [3.8, 4) is 11.5 Å². The highest BCUT2D eigenvalue weighted by Crippen LogP contribution is 2.25. The van der Waals surface area contributed by atoms with E-state index in [1.807, 2.05) is 38.1 Å². The molecule has 6 nitrogen and oxygen atoms in total. The van der Waals surface area contributed by atoms with Crippen LogP contribution in [0.3, 0.4) is 0 Å². The van der Waals surface area contributed by atoms with E-state index in [-0.39, 0.29) is 6.04 Å². The summed E-state index contributed by atoms with van der Waals surface area (Å²) in [5, 5.41) is 7.45. The first-order valence-electron chi connectivity index (χ1n) is 8.07. The summed E-state index contributed by atoms with van der Waals surface area (Å²) in [5.74, 6) is 2.22. The molecule has 0 saturated heterocycles. The average Bonchev–Trinajstić information content (AvgIpc) is 2.94. The smallest absolute Gasteiger partial charge is 0.180 e. The molecule has 1 unspecified atom stereocenters. The number of aryl methyl sites for hydroxylation is 3. The topological polar surface area (TPSA) is 76.7 Å². The van der Waals surface area contributed by atoms with Gasteiger partial charge in [0, 0.05) is 23.5 Å². The number of anilines is 1. The maximum Gasteiger partial charge on any atom is 0.180 e. The summed E-state index contributed by atoms with van der Waals surface area (Å²) < 4.78 is 5.26. The van der Waals surface area contributed by atoms with Crippen LogP contribution in [0, 0.1) is 13.8 Å². The van der Waals surface area contributed by atoms with Gasteiger partial charge in [0.2, 0.25) is 0 Å². The monoisotopic (exact) mass is 323 g/mol. The fraction of sp³-hybridized carbons (Fsp3) is 0.333. The number of hydrogen-bond donors (Lipinski definition) is 1. The van der Waals surface area contributed by atoms with Crippen LogP contribution in [0.15, 0.2) is 35.0 Å². The molecule has 1 atom stereocenters. The quantitative estimate of drug-likeness (QED) is 0.768. The maximum absolute atomic E-state index is 5.26. The zero-order valence-corrected chi connectivity index (χ0v) is 14.4. The summed E-state index contributed by atoms with van der Waals surface area (Å²) in [6.07, 6.45) is 2.58. The van der Waals surface area contributed by atoms with Crippen LogP contribution in [-0.2, 0) is 6.42 Å². The SMILES string of the molecule is CCc1cc(NC(C)c2c(C)noc2C)nc(-c2ccccn2)n1. The lowest BCUT2D eigenvalue weighted by Crippen LogP contribution is -2.11. The van der Waals surface area contributed by atoms with Gasteiger partial charge in [-0.25, -0.2) is 9.97 Å². The van der Waals surface area contributed by atoms with Crippen LogP contribution in [0.2, 0.25) is 0 Å². The zero-order valence-electron chi connectivity index (χ0n) is 14.4. The molecule has 124 valence electrons. The Kier molecular flexibility index (Phi) is 4.55. The number of aromatic nitrogens is 4. The lowest BCUT2D eigenvalue weighted by molar-refractivity contribution is 0.392. The van der Waals surface area contributed by atoms with Gasteiger partial charge >= 0.3 is 0 Å². The molecular weight excluding hydrogens is 302 g/mol. The first-order valence-corrected chi connectivity index (χ1v) is 8.07. The Balaban J connectivity index is 1.93. The summed E-state index contributed by atoms with van der Waals surface area (Å²) >= 11 is 0. The minimum absolute atomic E-state index is 0.0347. The molecule has 0 aliphatic carbocycles. The number of hydrogen-bond acceptors (Lipinski definition) is 6. The molecule has 3 heterocycles. The maximum atomic E-state index is 5.26. The summed E-state index contributed by atoms with van der Waals surface area (Å²) in [6, 6.07) is 7.74. The highest BCUT2D eigenvalue weighted by atomic mass is 16.5. The molecule has 0 saturated carbocycles. The Labute approximate surface area is 141 Å². The predicted molar refractivity (Wildman–Crippen MR) is 92.7 cm³/mol. The lowest BCUT2D eigenvalue weighted by Gasteiger charge is -2.15. The molecule has 24 heavy (non-hydrogen) atoms. The van der Waals surface area contributed by atoms with E-state index < -0.39 is 0 Å². The largest absolute Gasteiger partial charge is 0.363 e. The van der Waals surface area contributed by atoms with Crippen LogP contribution in [-0.4, -0.2) is 20.1 Å². The second-order valence-electron chi connectivity index (χ2n) is 5.74. The van der Waals surface area contributed by atoms with Gasteiger partial charge in [-0.3, -0.25) is 4.98 Å². The third kappa shape index (κ3) is 3.27. The summed E-state index contributed by atoms with van der Waals surface area (Å²) in [6.45, 7) is 8.01. The first kappa shape index (κ1) is 16.1. The zero-order chi connectivity index (χ0) is 17.1. The molecule has 1 N–H and O–H groups in total. The van der Waals surface area contributed by atoms with E-state index in [9.17, 15) is 0 Å². The highest BCUT2D eigenvalue weighted by molar-refractivity contribution is 5.53. The Hall–Kier alpha value is -2.76. The van der Waals surface area contributed by atoms with Crippen molar-refractivity contribution in [2.75, 3.05) is 5.32 Å². The molecule has 3 aromatic heterocycles. The number of nitrogens with one attached hydrogen (secondary N) is 1. The fourth-order valence-electron chi connectivity index (χ4n) is 2.76. The predicted octanol–water partition coefficient (Wildman–Crippen LogP) is 3.88. The second-order valence-corrected chi connectivity index (χ2v) is 5.74. The van der Waals surface area contributed by atoms with E-state index in [1.165, 1.54) is 0 Å². The Morgan fingerprint density at radius 2 is 2.04 bits per heavy atom. The molecule has 0 aromatic carbocycles. The van der Waals surface area contributed by atoms with Crippen molar-refractivity contribution >= 4 is 5.82 Å². The molecule has 0 aliphatic heterocycles. The summed E-state index contributed by atoms with van der Waals surface area (Å²) in [4.78, 5) is 13.6. The van der Waals surface area contributed by atoms with Gasteiger partial charge in [0.1, 0.15) is 17.3 Å². The fourth-order valence-corrected chi connectivity index (χ4v) is 2.76. The second kappa shape index (κ2) is 6.78. The van der Waals surface area contributed by atoms with Crippen molar-refractivity contribution in [3.05, 3.63) is 53.2 Å². The Morgan fingerprint density at radius 3 is 2.67 bits per heavy atom. The van der Waals surface area contributed by atoms with Gasteiger partial charge in [-0.1, -0.05) is 18.1 Å². The minimum atomic E-state index is 0.0347. The van der Waals surface area contributed by atoms with Crippen molar-refractivity contribution in [1.29, 1.82) is 0 Å². The minimum Gasteiger partial charge on any atom is -0.363 e. The molecule has 0 fully saturated rings.